The van der Waals surface area contributed by atoms with Gasteiger partial charge < -0.3 is 4.74 Å². The SMILES string of the molecule is Cc1ccc(C)c(OC2CCN(Cn3ncn(-c4ccccc4)c3=S)CC2)c1. The number of likely N-dealkylation sites (tertiary alicyclic amines) is 1. The summed E-state index contributed by atoms with van der Waals surface area (Å²) in [6.45, 7) is 6.89. The van der Waals surface area contributed by atoms with Gasteiger partial charge in [-0.15, -0.1) is 0 Å². The molecular weight excluding hydrogens is 368 g/mol. The van der Waals surface area contributed by atoms with E-state index in [1.807, 2.05) is 39.6 Å². The summed E-state index contributed by atoms with van der Waals surface area (Å²) in [6.07, 6.45) is 4.10. The maximum Gasteiger partial charge on any atom is 0.203 e. The molecule has 0 saturated carbocycles. The number of rotatable bonds is 5. The smallest absolute Gasteiger partial charge is 0.203 e. The van der Waals surface area contributed by atoms with Gasteiger partial charge in [0.05, 0.1) is 6.67 Å². The van der Waals surface area contributed by atoms with Gasteiger partial charge >= 0.3 is 0 Å². The van der Waals surface area contributed by atoms with Crippen molar-refractivity contribution < 1.29 is 4.74 Å². The average molecular weight is 395 g/mol. The van der Waals surface area contributed by atoms with Crippen molar-refractivity contribution >= 4 is 12.2 Å². The summed E-state index contributed by atoms with van der Waals surface area (Å²) in [7, 11) is 0. The number of ether oxygens (including phenoxy) is 1. The van der Waals surface area contributed by atoms with E-state index in [9.17, 15) is 0 Å². The molecule has 2 aromatic carbocycles. The Morgan fingerprint density at radius 1 is 1.07 bits per heavy atom. The molecule has 1 aromatic heterocycles. The fraction of sp³-hybridized carbons (Fsp3) is 0.364. The highest BCUT2D eigenvalue weighted by molar-refractivity contribution is 7.71. The lowest BCUT2D eigenvalue weighted by molar-refractivity contribution is 0.0797. The Kier molecular flexibility index (Phi) is 5.59. The van der Waals surface area contributed by atoms with Crippen LogP contribution in [0.25, 0.3) is 5.69 Å². The van der Waals surface area contributed by atoms with Crippen molar-refractivity contribution in [3.8, 4) is 11.4 Å². The molecule has 0 unspecified atom stereocenters. The summed E-state index contributed by atoms with van der Waals surface area (Å²) in [4.78, 5) is 2.39. The molecule has 0 radical (unpaired) electrons. The van der Waals surface area contributed by atoms with Crippen molar-refractivity contribution in [2.24, 2.45) is 0 Å². The zero-order valence-corrected chi connectivity index (χ0v) is 17.2. The van der Waals surface area contributed by atoms with Crippen LogP contribution in [0.5, 0.6) is 5.75 Å². The molecule has 0 aliphatic carbocycles. The van der Waals surface area contributed by atoms with Crippen LogP contribution >= 0.6 is 12.2 Å². The maximum absolute atomic E-state index is 6.28. The normalized spacial score (nSPS) is 15.6. The van der Waals surface area contributed by atoms with Crippen molar-refractivity contribution in [2.45, 2.75) is 39.5 Å². The van der Waals surface area contributed by atoms with Crippen LogP contribution in [0.4, 0.5) is 0 Å². The Balaban J connectivity index is 1.36. The summed E-state index contributed by atoms with van der Waals surface area (Å²) < 4.78 is 10.8. The fourth-order valence-electron chi connectivity index (χ4n) is 3.57. The van der Waals surface area contributed by atoms with E-state index in [2.05, 4.69) is 42.0 Å². The first-order valence-corrected chi connectivity index (χ1v) is 10.2. The monoisotopic (exact) mass is 394 g/mol. The minimum absolute atomic E-state index is 0.270. The molecule has 146 valence electrons. The molecular formula is C22H26N4OS. The van der Waals surface area contributed by atoms with E-state index < -0.39 is 0 Å². The molecule has 0 atom stereocenters. The van der Waals surface area contributed by atoms with Crippen LogP contribution in [0.15, 0.2) is 54.9 Å². The van der Waals surface area contributed by atoms with Crippen LogP contribution in [0, 0.1) is 18.6 Å². The summed E-state index contributed by atoms with van der Waals surface area (Å²) in [5.41, 5.74) is 3.48. The molecule has 1 saturated heterocycles. The largest absolute Gasteiger partial charge is 0.490 e. The van der Waals surface area contributed by atoms with E-state index in [1.54, 1.807) is 6.33 Å². The van der Waals surface area contributed by atoms with Crippen molar-refractivity contribution in [3.63, 3.8) is 0 Å². The summed E-state index contributed by atoms with van der Waals surface area (Å²) in [6, 6.07) is 16.5. The van der Waals surface area contributed by atoms with Gasteiger partial charge in [-0.05, 0) is 68.2 Å². The number of para-hydroxylation sites is 1. The number of aryl methyl sites for hydroxylation is 2. The first kappa shape index (κ1) is 18.9. The van der Waals surface area contributed by atoms with Gasteiger partial charge in [-0.25, -0.2) is 4.68 Å². The summed E-state index contributed by atoms with van der Waals surface area (Å²) in [5, 5.41) is 4.50. The Labute approximate surface area is 171 Å². The molecule has 6 heteroatoms. The van der Waals surface area contributed by atoms with E-state index in [4.69, 9.17) is 17.0 Å². The first-order valence-electron chi connectivity index (χ1n) is 9.76. The molecule has 2 heterocycles. The van der Waals surface area contributed by atoms with Crippen LogP contribution in [0.3, 0.4) is 0 Å². The third-order valence-corrected chi connectivity index (χ3v) is 5.68. The number of piperidine rings is 1. The van der Waals surface area contributed by atoms with E-state index in [0.29, 0.717) is 0 Å². The van der Waals surface area contributed by atoms with Crippen LogP contribution in [-0.4, -0.2) is 38.4 Å². The minimum atomic E-state index is 0.270. The van der Waals surface area contributed by atoms with E-state index in [-0.39, 0.29) is 6.10 Å². The lowest BCUT2D eigenvalue weighted by Gasteiger charge is -2.32. The highest BCUT2D eigenvalue weighted by Gasteiger charge is 2.22. The Morgan fingerprint density at radius 3 is 2.57 bits per heavy atom. The van der Waals surface area contributed by atoms with Crippen LogP contribution in [-0.2, 0) is 6.67 Å². The third kappa shape index (κ3) is 4.18. The molecule has 1 fully saturated rings. The molecule has 0 amide bonds. The van der Waals surface area contributed by atoms with Crippen molar-refractivity contribution in [1.82, 2.24) is 19.2 Å². The number of benzene rings is 2. The molecule has 28 heavy (non-hydrogen) atoms. The lowest BCUT2D eigenvalue weighted by Crippen LogP contribution is -2.39. The van der Waals surface area contributed by atoms with E-state index in [0.717, 1.165) is 48.8 Å². The van der Waals surface area contributed by atoms with Gasteiger partial charge in [-0.3, -0.25) is 9.47 Å². The molecule has 1 aliphatic heterocycles. The first-order chi connectivity index (χ1) is 13.6. The predicted octanol–water partition coefficient (Wildman–Crippen LogP) is 4.52. The molecule has 0 N–H and O–H groups in total. The molecule has 3 aromatic rings. The second-order valence-electron chi connectivity index (χ2n) is 7.46. The van der Waals surface area contributed by atoms with Crippen LogP contribution in [0.1, 0.15) is 24.0 Å². The van der Waals surface area contributed by atoms with E-state index >= 15 is 0 Å². The van der Waals surface area contributed by atoms with Crippen molar-refractivity contribution in [3.05, 3.63) is 70.8 Å². The second-order valence-corrected chi connectivity index (χ2v) is 7.83. The van der Waals surface area contributed by atoms with Crippen molar-refractivity contribution in [2.75, 3.05) is 13.1 Å². The molecule has 1 aliphatic rings. The second kappa shape index (κ2) is 8.29. The zero-order chi connectivity index (χ0) is 19.5. The maximum atomic E-state index is 6.28. The highest BCUT2D eigenvalue weighted by Crippen LogP contribution is 2.24. The lowest BCUT2D eigenvalue weighted by atomic mass is 10.1. The molecule has 4 rings (SSSR count). The van der Waals surface area contributed by atoms with Crippen LogP contribution in [0.2, 0.25) is 0 Å². The Morgan fingerprint density at radius 2 is 1.82 bits per heavy atom. The summed E-state index contributed by atoms with van der Waals surface area (Å²) in [5.74, 6) is 1.02. The van der Waals surface area contributed by atoms with Gasteiger partial charge in [0.2, 0.25) is 4.77 Å². The quantitative estimate of drug-likeness (QED) is 0.596. The van der Waals surface area contributed by atoms with Gasteiger partial charge in [0.15, 0.2) is 0 Å². The number of hydrogen-bond donors (Lipinski definition) is 0. The third-order valence-electron chi connectivity index (χ3n) is 5.27. The van der Waals surface area contributed by atoms with E-state index in [1.165, 1.54) is 11.1 Å². The van der Waals surface area contributed by atoms with Gasteiger partial charge in [-0.1, -0.05) is 30.3 Å². The number of hydrogen-bond acceptors (Lipinski definition) is 4. The number of aromatic nitrogens is 3. The molecule has 0 bridgehead atoms. The van der Waals surface area contributed by atoms with Crippen molar-refractivity contribution in [1.29, 1.82) is 0 Å². The Hall–Kier alpha value is -2.44. The molecule has 0 spiro atoms. The van der Waals surface area contributed by atoms with Gasteiger partial charge in [-0.2, -0.15) is 5.10 Å². The Bertz CT molecular complexity index is 987. The highest BCUT2D eigenvalue weighted by atomic mass is 32.1. The van der Waals surface area contributed by atoms with Gasteiger partial charge in [0, 0.05) is 18.8 Å². The standard InChI is InChI=1S/C22H26N4OS/c1-17-8-9-18(2)21(14-17)27-20-10-12-24(13-11-20)16-26-22(28)25(15-23-26)19-6-4-3-5-7-19/h3-9,14-15,20H,10-13,16H2,1-2H3. The van der Waals surface area contributed by atoms with Crippen LogP contribution < -0.4 is 4.74 Å². The van der Waals surface area contributed by atoms with Gasteiger partial charge in [0.25, 0.3) is 0 Å². The zero-order valence-electron chi connectivity index (χ0n) is 16.4. The molecule has 5 nitrogen and oxygen atoms in total. The minimum Gasteiger partial charge on any atom is -0.490 e. The number of nitrogens with zero attached hydrogens (tertiary/aromatic N) is 4. The average Bonchev–Trinajstić information content (AvgIpc) is 3.07. The fourth-order valence-corrected chi connectivity index (χ4v) is 3.83. The summed E-state index contributed by atoms with van der Waals surface area (Å²) >= 11 is 5.62. The topological polar surface area (TPSA) is 35.2 Å². The predicted molar refractivity (Wildman–Crippen MR) is 114 cm³/mol. The van der Waals surface area contributed by atoms with Gasteiger partial charge in [0.1, 0.15) is 18.2 Å².